The fraction of sp³-hybridized carbons (Fsp3) is 0.400. The minimum absolute atomic E-state index is 0.532. The van der Waals surface area contributed by atoms with Crippen LogP contribution in [0.1, 0.15) is 18.9 Å². The molecule has 3 heteroatoms. The SMILES string of the molecule is [B]Cc1cc(OCCC)ccc1Br. The smallest absolute Gasteiger partial charge is 0.119 e. The highest BCUT2D eigenvalue weighted by atomic mass is 79.9. The molecule has 13 heavy (non-hydrogen) atoms. The standard InChI is InChI=1S/C10H12BBrO/c1-2-5-13-9-3-4-10(12)8(6-9)7-11/h3-4,6H,2,5,7H2,1H3. The summed E-state index contributed by atoms with van der Waals surface area (Å²) in [6, 6.07) is 5.88. The molecule has 0 fully saturated rings. The van der Waals surface area contributed by atoms with Gasteiger partial charge in [-0.05, 0) is 30.2 Å². The summed E-state index contributed by atoms with van der Waals surface area (Å²) in [5, 5.41) is 0. The maximum atomic E-state index is 5.56. The second kappa shape index (κ2) is 5.33. The first-order valence-corrected chi connectivity index (χ1v) is 5.18. The van der Waals surface area contributed by atoms with Crippen LogP contribution in [0.3, 0.4) is 0 Å². The zero-order chi connectivity index (χ0) is 9.68. The number of rotatable bonds is 4. The van der Waals surface area contributed by atoms with Gasteiger partial charge in [0, 0.05) is 4.47 Å². The molecule has 0 heterocycles. The predicted octanol–water partition coefficient (Wildman–Crippen LogP) is 2.91. The lowest BCUT2D eigenvalue weighted by Gasteiger charge is -2.07. The molecular weight excluding hydrogens is 227 g/mol. The highest BCUT2D eigenvalue weighted by Gasteiger charge is 1.99. The number of halogens is 1. The highest BCUT2D eigenvalue weighted by Crippen LogP contribution is 2.22. The molecule has 0 saturated carbocycles. The summed E-state index contributed by atoms with van der Waals surface area (Å²) >= 11 is 3.42. The molecule has 0 atom stereocenters. The number of benzene rings is 1. The second-order valence-electron chi connectivity index (χ2n) is 2.81. The van der Waals surface area contributed by atoms with E-state index in [1.807, 2.05) is 18.2 Å². The minimum Gasteiger partial charge on any atom is -0.494 e. The lowest BCUT2D eigenvalue weighted by Crippen LogP contribution is -1.96. The van der Waals surface area contributed by atoms with Gasteiger partial charge in [0.1, 0.15) is 5.75 Å². The topological polar surface area (TPSA) is 9.23 Å². The predicted molar refractivity (Wildman–Crippen MR) is 59.4 cm³/mol. The molecule has 1 rings (SSSR count). The van der Waals surface area contributed by atoms with Crippen molar-refractivity contribution in [2.75, 3.05) is 6.61 Å². The Morgan fingerprint density at radius 3 is 2.85 bits per heavy atom. The third-order valence-electron chi connectivity index (χ3n) is 1.71. The van der Waals surface area contributed by atoms with Crippen LogP contribution in [0.2, 0.25) is 0 Å². The number of hydrogen-bond donors (Lipinski definition) is 0. The van der Waals surface area contributed by atoms with E-state index >= 15 is 0 Å². The van der Waals surface area contributed by atoms with Crippen molar-refractivity contribution in [3.63, 3.8) is 0 Å². The largest absolute Gasteiger partial charge is 0.494 e. The fourth-order valence-electron chi connectivity index (χ4n) is 1.02. The van der Waals surface area contributed by atoms with E-state index in [-0.39, 0.29) is 0 Å². The average Bonchev–Trinajstić information content (AvgIpc) is 2.16. The van der Waals surface area contributed by atoms with Crippen molar-refractivity contribution in [2.24, 2.45) is 0 Å². The van der Waals surface area contributed by atoms with Crippen LogP contribution in [-0.4, -0.2) is 14.5 Å². The van der Waals surface area contributed by atoms with E-state index in [1.54, 1.807) is 0 Å². The summed E-state index contributed by atoms with van der Waals surface area (Å²) in [7, 11) is 5.56. The van der Waals surface area contributed by atoms with Gasteiger partial charge in [0.15, 0.2) is 0 Å². The van der Waals surface area contributed by atoms with Gasteiger partial charge in [0.2, 0.25) is 0 Å². The van der Waals surface area contributed by atoms with Crippen LogP contribution in [0.25, 0.3) is 0 Å². The summed E-state index contributed by atoms with van der Waals surface area (Å²) in [6.07, 6.45) is 1.55. The number of hydrogen-bond acceptors (Lipinski definition) is 1. The maximum absolute atomic E-state index is 5.56. The summed E-state index contributed by atoms with van der Waals surface area (Å²) in [5.74, 6) is 0.894. The van der Waals surface area contributed by atoms with Crippen LogP contribution in [-0.2, 0) is 6.32 Å². The van der Waals surface area contributed by atoms with Crippen molar-refractivity contribution in [3.05, 3.63) is 28.2 Å². The van der Waals surface area contributed by atoms with Crippen molar-refractivity contribution >= 4 is 23.8 Å². The average molecular weight is 239 g/mol. The van der Waals surface area contributed by atoms with Crippen molar-refractivity contribution in [2.45, 2.75) is 19.7 Å². The van der Waals surface area contributed by atoms with Crippen LogP contribution < -0.4 is 4.74 Å². The highest BCUT2D eigenvalue weighted by molar-refractivity contribution is 9.10. The zero-order valence-corrected chi connectivity index (χ0v) is 9.30. The monoisotopic (exact) mass is 238 g/mol. The van der Waals surface area contributed by atoms with Crippen LogP contribution >= 0.6 is 15.9 Å². The molecule has 1 nitrogen and oxygen atoms in total. The molecule has 1 aromatic rings. The Balaban J connectivity index is 2.74. The van der Waals surface area contributed by atoms with Crippen LogP contribution in [0, 0.1) is 0 Å². The third kappa shape index (κ3) is 3.07. The Kier molecular flexibility index (Phi) is 4.36. The summed E-state index contributed by atoms with van der Waals surface area (Å²) in [4.78, 5) is 0. The van der Waals surface area contributed by atoms with Crippen LogP contribution in [0.4, 0.5) is 0 Å². The van der Waals surface area contributed by atoms with Gasteiger partial charge in [0.25, 0.3) is 0 Å². The van der Waals surface area contributed by atoms with E-state index in [1.165, 1.54) is 0 Å². The summed E-state index contributed by atoms with van der Waals surface area (Å²) < 4.78 is 6.52. The van der Waals surface area contributed by atoms with Crippen molar-refractivity contribution in [1.29, 1.82) is 0 Å². The lowest BCUT2D eigenvalue weighted by atomic mass is 9.97. The minimum atomic E-state index is 0.532. The first-order valence-electron chi connectivity index (χ1n) is 4.39. The molecule has 0 saturated heterocycles. The quantitative estimate of drug-likeness (QED) is 0.734. The molecule has 2 radical (unpaired) electrons. The van der Waals surface area contributed by atoms with Gasteiger partial charge in [-0.2, -0.15) is 0 Å². The molecule has 1 aromatic carbocycles. The third-order valence-corrected chi connectivity index (χ3v) is 2.48. The number of ether oxygens (including phenoxy) is 1. The van der Waals surface area contributed by atoms with E-state index in [0.29, 0.717) is 6.32 Å². The molecule has 0 amide bonds. The van der Waals surface area contributed by atoms with Crippen molar-refractivity contribution < 1.29 is 4.74 Å². The van der Waals surface area contributed by atoms with E-state index in [4.69, 9.17) is 12.6 Å². The first-order chi connectivity index (χ1) is 6.27. The van der Waals surface area contributed by atoms with Gasteiger partial charge < -0.3 is 4.74 Å². The molecule has 0 aliphatic heterocycles. The normalized spacial score (nSPS) is 10.0. The van der Waals surface area contributed by atoms with Gasteiger partial charge in [-0.1, -0.05) is 29.2 Å². The summed E-state index contributed by atoms with van der Waals surface area (Å²) in [5.41, 5.74) is 1.08. The van der Waals surface area contributed by atoms with Gasteiger partial charge in [-0.3, -0.25) is 0 Å². The molecule has 0 unspecified atom stereocenters. The zero-order valence-electron chi connectivity index (χ0n) is 7.72. The lowest BCUT2D eigenvalue weighted by molar-refractivity contribution is 0.317. The molecule has 0 aliphatic carbocycles. The van der Waals surface area contributed by atoms with E-state index in [2.05, 4.69) is 22.9 Å². The molecule has 68 valence electrons. The van der Waals surface area contributed by atoms with E-state index < -0.39 is 0 Å². The molecule has 0 N–H and O–H groups in total. The Morgan fingerprint density at radius 1 is 1.46 bits per heavy atom. The molecule has 0 bridgehead atoms. The van der Waals surface area contributed by atoms with Crippen molar-refractivity contribution in [3.8, 4) is 5.75 Å². The molecule has 0 aliphatic rings. The molecule has 0 aromatic heterocycles. The van der Waals surface area contributed by atoms with Crippen LogP contribution in [0.15, 0.2) is 22.7 Å². The van der Waals surface area contributed by atoms with Gasteiger partial charge in [-0.25, -0.2) is 0 Å². The van der Waals surface area contributed by atoms with Crippen molar-refractivity contribution in [1.82, 2.24) is 0 Å². The Hall–Kier alpha value is -0.435. The Labute approximate surface area is 89.0 Å². The Morgan fingerprint density at radius 2 is 2.23 bits per heavy atom. The summed E-state index contributed by atoms with van der Waals surface area (Å²) in [6.45, 7) is 2.84. The van der Waals surface area contributed by atoms with E-state index in [9.17, 15) is 0 Å². The van der Waals surface area contributed by atoms with Gasteiger partial charge >= 0.3 is 0 Å². The fourth-order valence-corrected chi connectivity index (χ4v) is 1.43. The van der Waals surface area contributed by atoms with Crippen LogP contribution in [0.5, 0.6) is 5.75 Å². The maximum Gasteiger partial charge on any atom is 0.119 e. The van der Waals surface area contributed by atoms with Gasteiger partial charge in [0.05, 0.1) is 14.5 Å². The van der Waals surface area contributed by atoms with E-state index in [0.717, 1.165) is 28.8 Å². The first kappa shape index (κ1) is 10.6. The second-order valence-corrected chi connectivity index (χ2v) is 3.66. The van der Waals surface area contributed by atoms with Gasteiger partial charge in [-0.15, -0.1) is 0 Å². The molecular formula is C10H12BBrO. The molecule has 0 spiro atoms. The Bertz CT molecular complexity index is 276.